The molecule has 88 valence electrons. The zero-order chi connectivity index (χ0) is 12.3. The Morgan fingerprint density at radius 1 is 1.59 bits per heavy atom. The number of carbonyl (C=O) groups excluding carboxylic acids is 1. The van der Waals surface area contributed by atoms with Crippen LogP contribution in [0.5, 0.6) is 0 Å². The third-order valence-corrected chi connectivity index (χ3v) is 2.74. The van der Waals surface area contributed by atoms with E-state index in [9.17, 15) is 9.18 Å². The summed E-state index contributed by atoms with van der Waals surface area (Å²) in [6.07, 6.45) is 0.428. The van der Waals surface area contributed by atoms with Crippen molar-refractivity contribution >= 4 is 5.91 Å². The van der Waals surface area contributed by atoms with Crippen molar-refractivity contribution in [3.05, 3.63) is 35.1 Å². The van der Waals surface area contributed by atoms with Gasteiger partial charge in [0.05, 0.1) is 11.6 Å². The van der Waals surface area contributed by atoms with Gasteiger partial charge in [0.2, 0.25) is 5.91 Å². The Morgan fingerprint density at radius 3 is 3.00 bits per heavy atom. The lowest BCUT2D eigenvalue weighted by Crippen LogP contribution is -2.30. The Hall–Kier alpha value is -1.93. The first-order valence-electron chi connectivity index (χ1n) is 5.37. The van der Waals surface area contributed by atoms with Crippen molar-refractivity contribution in [3.63, 3.8) is 0 Å². The quantitative estimate of drug-likeness (QED) is 0.806. The van der Waals surface area contributed by atoms with E-state index in [1.807, 2.05) is 6.07 Å². The molecule has 0 aliphatic carbocycles. The van der Waals surface area contributed by atoms with Crippen molar-refractivity contribution in [2.45, 2.75) is 19.0 Å². The second-order valence-corrected chi connectivity index (χ2v) is 4.00. The van der Waals surface area contributed by atoms with Crippen molar-refractivity contribution < 1.29 is 9.18 Å². The number of rotatable bonds is 3. The van der Waals surface area contributed by atoms with Gasteiger partial charge in [-0.05, 0) is 12.1 Å². The van der Waals surface area contributed by atoms with Crippen LogP contribution < -0.4 is 10.6 Å². The Kier molecular flexibility index (Phi) is 3.35. The Balaban J connectivity index is 1.95. The summed E-state index contributed by atoms with van der Waals surface area (Å²) in [5.74, 6) is -0.378. The maximum atomic E-state index is 13.5. The van der Waals surface area contributed by atoms with E-state index >= 15 is 0 Å². The molecule has 17 heavy (non-hydrogen) atoms. The van der Waals surface area contributed by atoms with E-state index in [2.05, 4.69) is 10.6 Å². The topological polar surface area (TPSA) is 64.9 Å². The molecule has 1 atom stereocenters. The molecule has 1 unspecified atom stereocenters. The lowest BCUT2D eigenvalue weighted by atomic mass is 10.1. The first-order valence-corrected chi connectivity index (χ1v) is 5.37. The minimum Gasteiger partial charge on any atom is -0.354 e. The zero-order valence-corrected chi connectivity index (χ0v) is 9.16. The van der Waals surface area contributed by atoms with Gasteiger partial charge in [-0.1, -0.05) is 6.07 Å². The molecule has 1 aliphatic heterocycles. The minimum absolute atomic E-state index is 0.0165. The SMILES string of the molecule is N#Cc1ccc(CNC2CNC(=O)C2)c(F)c1. The molecule has 2 rings (SSSR count). The molecule has 0 spiro atoms. The molecule has 0 bridgehead atoms. The van der Waals surface area contributed by atoms with E-state index in [-0.39, 0.29) is 11.9 Å². The second kappa shape index (κ2) is 4.93. The first kappa shape index (κ1) is 11.6. The van der Waals surface area contributed by atoms with Crippen LogP contribution in [0.3, 0.4) is 0 Å². The molecule has 1 aromatic rings. The Bertz CT molecular complexity index is 481. The van der Waals surface area contributed by atoms with Crippen molar-refractivity contribution in [2.75, 3.05) is 6.54 Å². The van der Waals surface area contributed by atoms with Crippen molar-refractivity contribution in [1.82, 2.24) is 10.6 Å². The van der Waals surface area contributed by atoms with Gasteiger partial charge in [0.15, 0.2) is 0 Å². The van der Waals surface area contributed by atoms with Crippen LogP contribution in [0.4, 0.5) is 4.39 Å². The van der Waals surface area contributed by atoms with E-state index in [0.717, 1.165) is 0 Å². The molecule has 1 saturated heterocycles. The van der Waals surface area contributed by atoms with E-state index in [1.54, 1.807) is 12.1 Å². The fraction of sp³-hybridized carbons (Fsp3) is 0.333. The smallest absolute Gasteiger partial charge is 0.221 e. The van der Waals surface area contributed by atoms with Gasteiger partial charge in [-0.25, -0.2) is 4.39 Å². The number of halogens is 1. The van der Waals surface area contributed by atoms with Gasteiger partial charge in [0.1, 0.15) is 5.82 Å². The largest absolute Gasteiger partial charge is 0.354 e. The Labute approximate surface area is 98.4 Å². The molecule has 1 amide bonds. The summed E-state index contributed by atoms with van der Waals surface area (Å²) in [7, 11) is 0. The van der Waals surface area contributed by atoms with E-state index < -0.39 is 5.82 Å². The van der Waals surface area contributed by atoms with E-state index in [1.165, 1.54) is 6.07 Å². The fourth-order valence-corrected chi connectivity index (χ4v) is 1.76. The fourth-order valence-electron chi connectivity index (χ4n) is 1.76. The highest BCUT2D eigenvalue weighted by molar-refractivity contribution is 5.78. The summed E-state index contributed by atoms with van der Waals surface area (Å²) in [5, 5.41) is 14.4. The number of nitriles is 1. The molecule has 0 saturated carbocycles. The van der Waals surface area contributed by atoms with Crippen LogP contribution in [-0.4, -0.2) is 18.5 Å². The Morgan fingerprint density at radius 2 is 2.41 bits per heavy atom. The molecular weight excluding hydrogens is 221 g/mol. The summed E-state index contributed by atoms with van der Waals surface area (Å²) in [5.41, 5.74) is 0.812. The predicted octanol–water partition coefficient (Wildman–Crippen LogP) is 0.675. The number of amides is 1. The standard InChI is InChI=1S/C12H12FN3O/c13-11-3-8(5-14)1-2-9(11)6-15-10-4-12(17)16-7-10/h1-3,10,15H,4,6-7H2,(H,16,17). The molecule has 4 nitrogen and oxygen atoms in total. The lowest BCUT2D eigenvalue weighted by Gasteiger charge is -2.10. The average molecular weight is 233 g/mol. The highest BCUT2D eigenvalue weighted by Crippen LogP contribution is 2.10. The summed E-state index contributed by atoms with van der Waals surface area (Å²) in [6, 6.07) is 6.32. The molecule has 1 heterocycles. The predicted molar refractivity (Wildman–Crippen MR) is 59.4 cm³/mol. The number of hydrogen-bond acceptors (Lipinski definition) is 3. The van der Waals surface area contributed by atoms with Crippen molar-refractivity contribution in [3.8, 4) is 6.07 Å². The summed E-state index contributed by atoms with van der Waals surface area (Å²) >= 11 is 0. The number of carbonyl (C=O) groups is 1. The van der Waals surface area contributed by atoms with Gasteiger partial charge < -0.3 is 10.6 Å². The maximum absolute atomic E-state index is 13.5. The van der Waals surface area contributed by atoms with Crippen molar-refractivity contribution in [2.24, 2.45) is 0 Å². The maximum Gasteiger partial charge on any atom is 0.221 e. The highest BCUT2D eigenvalue weighted by atomic mass is 19.1. The molecule has 2 N–H and O–H groups in total. The summed E-state index contributed by atoms with van der Waals surface area (Å²) in [6.45, 7) is 0.938. The van der Waals surface area contributed by atoms with Crippen LogP contribution in [0.15, 0.2) is 18.2 Å². The highest BCUT2D eigenvalue weighted by Gasteiger charge is 2.20. The zero-order valence-electron chi connectivity index (χ0n) is 9.16. The van der Waals surface area contributed by atoms with E-state index in [4.69, 9.17) is 5.26 Å². The van der Waals surface area contributed by atoms with Gasteiger partial charge in [0, 0.05) is 31.1 Å². The van der Waals surface area contributed by atoms with Gasteiger partial charge in [-0.2, -0.15) is 5.26 Å². The number of hydrogen-bond donors (Lipinski definition) is 2. The molecule has 1 aliphatic rings. The summed E-state index contributed by atoms with van der Waals surface area (Å²) < 4.78 is 13.5. The number of benzene rings is 1. The average Bonchev–Trinajstić information content (AvgIpc) is 2.73. The van der Waals surface area contributed by atoms with Gasteiger partial charge >= 0.3 is 0 Å². The molecule has 5 heteroatoms. The summed E-state index contributed by atoms with van der Waals surface area (Å²) in [4.78, 5) is 11.0. The lowest BCUT2D eigenvalue weighted by molar-refractivity contribution is -0.119. The molecule has 0 radical (unpaired) electrons. The third-order valence-electron chi connectivity index (χ3n) is 2.74. The number of nitrogens with zero attached hydrogens (tertiary/aromatic N) is 1. The number of nitrogens with one attached hydrogen (secondary N) is 2. The molecule has 1 fully saturated rings. The van der Waals surface area contributed by atoms with Crippen LogP contribution in [0.1, 0.15) is 17.5 Å². The van der Waals surface area contributed by atoms with Crippen LogP contribution >= 0.6 is 0 Å². The third kappa shape index (κ3) is 2.80. The van der Waals surface area contributed by atoms with Gasteiger partial charge in [-0.15, -0.1) is 0 Å². The monoisotopic (exact) mass is 233 g/mol. The van der Waals surface area contributed by atoms with Crippen LogP contribution in [0.25, 0.3) is 0 Å². The molecule has 0 aromatic heterocycles. The van der Waals surface area contributed by atoms with Crippen LogP contribution in [-0.2, 0) is 11.3 Å². The van der Waals surface area contributed by atoms with Crippen molar-refractivity contribution in [1.29, 1.82) is 5.26 Å². The van der Waals surface area contributed by atoms with E-state index in [0.29, 0.717) is 30.6 Å². The van der Waals surface area contributed by atoms with Gasteiger partial charge in [-0.3, -0.25) is 4.79 Å². The second-order valence-electron chi connectivity index (χ2n) is 4.00. The minimum atomic E-state index is -0.395. The van der Waals surface area contributed by atoms with Gasteiger partial charge in [0.25, 0.3) is 0 Å². The van der Waals surface area contributed by atoms with Crippen LogP contribution in [0, 0.1) is 17.1 Å². The molecule has 1 aromatic carbocycles. The normalized spacial score (nSPS) is 18.8. The molecular formula is C12H12FN3O. The van der Waals surface area contributed by atoms with Crippen LogP contribution in [0.2, 0.25) is 0 Å². The first-order chi connectivity index (χ1) is 8.19.